The Morgan fingerprint density at radius 2 is 1.81 bits per heavy atom. The Morgan fingerprint density at radius 3 is 2.54 bits per heavy atom. The van der Waals surface area contributed by atoms with Gasteiger partial charge in [0.05, 0.1) is 23.2 Å². The summed E-state index contributed by atoms with van der Waals surface area (Å²) in [6.45, 7) is 4.13. The van der Waals surface area contributed by atoms with Gasteiger partial charge in [-0.25, -0.2) is 9.67 Å². The Labute approximate surface area is 153 Å². The van der Waals surface area contributed by atoms with E-state index in [1.165, 1.54) is 12.8 Å². The Hall–Kier alpha value is -3.15. The maximum Gasteiger partial charge on any atom is 0.146 e. The second kappa shape index (κ2) is 7.39. The summed E-state index contributed by atoms with van der Waals surface area (Å²) in [4.78, 5) is 6.63. The monoisotopic (exact) mass is 346 g/mol. The lowest BCUT2D eigenvalue weighted by Crippen LogP contribution is -2.22. The second-order valence-electron chi connectivity index (χ2n) is 6.35. The van der Waals surface area contributed by atoms with E-state index >= 15 is 0 Å². The van der Waals surface area contributed by atoms with E-state index in [1.807, 2.05) is 54.2 Å². The fourth-order valence-corrected chi connectivity index (χ4v) is 3.25. The molecule has 1 saturated heterocycles. The van der Waals surface area contributed by atoms with Crippen LogP contribution in [-0.4, -0.2) is 34.1 Å². The van der Waals surface area contributed by atoms with Gasteiger partial charge in [0.1, 0.15) is 11.6 Å². The maximum absolute atomic E-state index is 4.79. The van der Waals surface area contributed by atoms with Crippen molar-refractivity contribution in [3.8, 4) is 5.69 Å². The molecule has 3 aromatic rings. The summed E-state index contributed by atoms with van der Waals surface area (Å²) in [5, 5.41) is 9.19. The summed E-state index contributed by atoms with van der Waals surface area (Å²) in [5.74, 6) is 1.83. The normalized spacial score (nSPS) is 14.3. The predicted molar refractivity (Wildman–Crippen MR) is 105 cm³/mol. The first-order valence-corrected chi connectivity index (χ1v) is 8.93. The molecule has 6 heteroatoms. The summed E-state index contributed by atoms with van der Waals surface area (Å²) in [6.07, 6.45) is 6.01. The predicted octanol–water partition coefficient (Wildman–Crippen LogP) is 3.62. The van der Waals surface area contributed by atoms with Gasteiger partial charge in [-0.1, -0.05) is 24.3 Å². The number of anilines is 2. The van der Waals surface area contributed by atoms with E-state index in [4.69, 9.17) is 5.10 Å². The number of pyridine rings is 1. The standard InChI is InChI=1S/C20H22N6/c1-16-18(15-22-23-19-11-5-6-12-21-19)20(25-13-7-8-14-25)26(24-16)17-9-3-2-4-10-17/h2-6,9-12,15H,7-8,13-14H2,1H3,(H,21,23)/b22-15+. The first kappa shape index (κ1) is 16.3. The summed E-state index contributed by atoms with van der Waals surface area (Å²) in [7, 11) is 0. The van der Waals surface area contributed by atoms with Crippen LogP contribution in [0.15, 0.2) is 59.8 Å². The van der Waals surface area contributed by atoms with Crippen molar-refractivity contribution < 1.29 is 0 Å². The lowest BCUT2D eigenvalue weighted by Gasteiger charge is -2.20. The van der Waals surface area contributed by atoms with Crippen molar-refractivity contribution in [3.05, 3.63) is 66.0 Å². The highest BCUT2D eigenvalue weighted by atomic mass is 15.4. The van der Waals surface area contributed by atoms with Gasteiger partial charge in [-0.15, -0.1) is 0 Å². The first-order valence-electron chi connectivity index (χ1n) is 8.93. The molecular formula is C20H22N6. The zero-order chi connectivity index (χ0) is 17.8. The molecule has 132 valence electrons. The summed E-state index contributed by atoms with van der Waals surface area (Å²) >= 11 is 0. The van der Waals surface area contributed by atoms with Crippen molar-refractivity contribution in [2.24, 2.45) is 5.10 Å². The van der Waals surface area contributed by atoms with Gasteiger partial charge >= 0.3 is 0 Å². The lowest BCUT2D eigenvalue weighted by atomic mass is 10.2. The number of hydrogen-bond donors (Lipinski definition) is 1. The molecule has 0 atom stereocenters. The van der Waals surface area contributed by atoms with Crippen LogP contribution >= 0.6 is 0 Å². The average molecular weight is 346 g/mol. The van der Waals surface area contributed by atoms with Crippen molar-refractivity contribution in [2.75, 3.05) is 23.4 Å². The fourth-order valence-electron chi connectivity index (χ4n) is 3.25. The van der Waals surface area contributed by atoms with Gasteiger partial charge in [-0.2, -0.15) is 10.2 Å². The third kappa shape index (κ3) is 3.31. The van der Waals surface area contributed by atoms with Gasteiger partial charge in [0.2, 0.25) is 0 Å². The van der Waals surface area contributed by atoms with Crippen LogP contribution in [0.25, 0.3) is 5.69 Å². The molecule has 1 aliphatic heterocycles. The van der Waals surface area contributed by atoms with Crippen molar-refractivity contribution in [2.45, 2.75) is 19.8 Å². The molecule has 4 rings (SSSR count). The van der Waals surface area contributed by atoms with Gasteiger partial charge in [0.25, 0.3) is 0 Å². The Balaban J connectivity index is 1.70. The van der Waals surface area contributed by atoms with Crippen LogP contribution in [0.5, 0.6) is 0 Å². The van der Waals surface area contributed by atoms with Crippen molar-refractivity contribution in [1.29, 1.82) is 0 Å². The number of aryl methyl sites for hydroxylation is 1. The third-order valence-electron chi connectivity index (χ3n) is 4.53. The highest BCUT2D eigenvalue weighted by Crippen LogP contribution is 2.29. The lowest BCUT2D eigenvalue weighted by molar-refractivity contribution is 0.815. The Kier molecular flexibility index (Phi) is 4.64. The van der Waals surface area contributed by atoms with Gasteiger partial charge in [0.15, 0.2) is 0 Å². The van der Waals surface area contributed by atoms with E-state index in [9.17, 15) is 0 Å². The number of hydrogen-bond acceptors (Lipinski definition) is 5. The third-order valence-corrected chi connectivity index (χ3v) is 4.53. The smallest absolute Gasteiger partial charge is 0.146 e. The van der Waals surface area contributed by atoms with E-state index in [-0.39, 0.29) is 0 Å². The van der Waals surface area contributed by atoms with E-state index in [2.05, 4.69) is 32.5 Å². The molecule has 0 saturated carbocycles. The highest BCUT2D eigenvalue weighted by Gasteiger charge is 2.23. The van der Waals surface area contributed by atoms with Gasteiger partial charge in [0, 0.05) is 19.3 Å². The molecule has 6 nitrogen and oxygen atoms in total. The minimum atomic E-state index is 0.722. The number of rotatable bonds is 5. The molecule has 0 aliphatic carbocycles. The molecule has 1 N–H and O–H groups in total. The van der Waals surface area contributed by atoms with Crippen LogP contribution in [0.3, 0.4) is 0 Å². The van der Waals surface area contributed by atoms with E-state index < -0.39 is 0 Å². The molecule has 1 aromatic carbocycles. The zero-order valence-electron chi connectivity index (χ0n) is 14.8. The van der Waals surface area contributed by atoms with Crippen LogP contribution in [0.4, 0.5) is 11.6 Å². The Bertz CT molecular complexity index is 879. The van der Waals surface area contributed by atoms with Gasteiger partial charge in [-0.3, -0.25) is 5.43 Å². The number of aromatic nitrogens is 3. The summed E-state index contributed by atoms with van der Waals surface area (Å²) in [6, 6.07) is 16.0. The molecule has 0 spiro atoms. The molecule has 0 radical (unpaired) electrons. The number of nitrogens with one attached hydrogen (secondary N) is 1. The molecule has 2 aromatic heterocycles. The zero-order valence-corrected chi connectivity index (χ0v) is 14.8. The fraction of sp³-hybridized carbons (Fsp3) is 0.250. The molecule has 0 amide bonds. The molecular weight excluding hydrogens is 324 g/mol. The largest absolute Gasteiger partial charge is 0.356 e. The quantitative estimate of drug-likeness (QED) is 0.566. The first-order chi connectivity index (χ1) is 12.8. The molecule has 0 bridgehead atoms. The summed E-state index contributed by atoms with van der Waals surface area (Å²) < 4.78 is 2.03. The number of benzene rings is 1. The molecule has 0 unspecified atom stereocenters. The van der Waals surface area contributed by atoms with Crippen molar-refractivity contribution in [1.82, 2.24) is 14.8 Å². The van der Waals surface area contributed by atoms with Crippen LogP contribution < -0.4 is 10.3 Å². The number of para-hydroxylation sites is 1. The topological polar surface area (TPSA) is 58.3 Å². The number of nitrogens with zero attached hydrogens (tertiary/aromatic N) is 5. The van der Waals surface area contributed by atoms with E-state index in [0.717, 1.165) is 41.7 Å². The van der Waals surface area contributed by atoms with Crippen molar-refractivity contribution >= 4 is 17.9 Å². The van der Waals surface area contributed by atoms with Crippen LogP contribution in [0, 0.1) is 6.92 Å². The van der Waals surface area contributed by atoms with Crippen LogP contribution in [0.1, 0.15) is 24.1 Å². The van der Waals surface area contributed by atoms with Gasteiger partial charge < -0.3 is 4.90 Å². The summed E-state index contributed by atoms with van der Waals surface area (Å²) in [5.41, 5.74) is 6.06. The van der Waals surface area contributed by atoms with Crippen LogP contribution in [-0.2, 0) is 0 Å². The van der Waals surface area contributed by atoms with Crippen molar-refractivity contribution in [3.63, 3.8) is 0 Å². The molecule has 26 heavy (non-hydrogen) atoms. The molecule has 1 fully saturated rings. The minimum Gasteiger partial charge on any atom is -0.356 e. The highest BCUT2D eigenvalue weighted by molar-refractivity contribution is 5.89. The maximum atomic E-state index is 4.79. The van der Waals surface area contributed by atoms with E-state index in [1.54, 1.807) is 6.20 Å². The van der Waals surface area contributed by atoms with Gasteiger partial charge in [-0.05, 0) is 44.0 Å². The number of hydrazone groups is 1. The van der Waals surface area contributed by atoms with E-state index in [0.29, 0.717) is 0 Å². The molecule has 1 aliphatic rings. The minimum absolute atomic E-state index is 0.722. The van der Waals surface area contributed by atoms with Crippen LogP contribution in [0.2, 0.25) is 0 Å². The molecule has 3 heterocycles. The SMILES string of the molecule is Cc1nn(-c2ccccc2)c(N2CCCC2)c1/C=N/Nc1ccccn1. The second-order valence-corrected chi connectivity index (χ2v) is 6.35. The average Bonchev–Trinajstić information content (AvgIpc) is 3.32. The Morgan fingerprint density at radius 1 is 1.04 bits per heavy atom.